The monoisotopic (exact) mass is 436 g/mol. The number of pyridine rings is 1. The van der Waals surface area contributed by atoms with E-state index in [-0.39, 0.29) is 48.8 Å². The number of nitrogens with two attached hydrogens (primary N) is 1. The molecule has 2 aliphatic heterocycles. The van der Waals surface area contributed by atoms with E-state index in [0.717, 1.165) is 12.3 Å². The molecular formula is C20H19F3N4O4. The lowest BCUT2D eigenvalue weighted by molar-refractivity contribution is 0.101. The number of aliphatic imine (C=N–C) groups is 1. The zero-order chi connectivity index (χ0) is 22.0. The number of halogens is 3. The summed E-state index contributed by atoms with van der Waals surface area (Å²) >= 11 is 0. The van der Waals surface area contributed by atoms with Gasteiger partial charge in [-0.15, -0.1) is 0 Å². The van der Waals surface area contributed by atoms with Gasteiger partial charge < -0.3 is 25.3 Å². The Morgan fingerprint density at radius 1 is 1.29 bits per heavy atom. The van der Waals surface area contributed by atoms with Crippen molar-refractivity contribution in [1.29, 1.82) is 0 Å². The number of anilines is 1. The summed E-state index contributed by atoms with van der Waals surface area (Å²) in [6.07, 6.45) is 1.11. The zero-order valence-corrected chi connectivity index (χ0v) is 16.2. The maximum atomic E-state index is 14.8. The smallest absolute Gasteiger partial charge is 0.282 e. The fraction of sp³-hybridized carbons (Fsp3) is 0.350. The van der Waals surface area contributed by atoms with Crippen molar-refractivity contribution < 1.29 is 32.2 Å². The number of amidine groups is 1. The van der Waals surface area contributed by atoms with Crippen molar-refractivity contribution in [3.8, 4) is 5.75 Å². The summed E-state index contributed by atoms with van der Waals surface area (Å²) < 4.78 is 56.9. The Balaban J connectivity index is 1.60. The minimum absolute atomic E-state index is 0.00267. The Hall–Kier alpha value is -3.34. The number of rotatable bonds is 6. The van der Waals surface area contributed by atoms with Crippen LogP contribution >= 0.6 is 0 Å². The van der Waals surface area contributed by atoms with Crippen LogP contribution in [0.15, 0.2) is 35.5 Å². The van der Waals surface area contributed by atoms with E-state index in [1.807, 2.05) is 0 Å². The highest BCUT2D eigenvalue weighted by Crippen LogP contribution is 2.43. The Kier molecular flexibility index (Phi) is 5.68. The molecule has 31 heavy (non-hydrogen) atoms. The lowest BCUT2D eigenvalue weighted by Crippen LogP contribution is -2.43. The van der Waals surface area contributed by atoms with Crippen LogP contribution in [0.4, 0.5) is 18.9 Å². The number of carbonyl (C=O) groups is 1. The van der Waals surface area contributed by atoms with Gasteiger partial charge in [0.1, 0.15) is 30.4 Å². The van der Waals surface area contributed by atoms with Gasteiger partial charge in [-0.1, -0.05) is 0 Å². The van der Waals surface area contributed by atoms with E-state index in [4.69, 9.17) is 19.9 Å². The molecule has 1 aromatic heterocycles. The molecule has 2 aliphatic rings. The number of aromatic nitrogens is 1. The van der Waals surface area contributed by atoms with Crippen molar-refractivity contribution in [2.24, 2.45) is 16.6 Å². The highest BCUT2D eigenvalue weighted by molar-refractivity contribution is 6.03. The summed E-state index contributed by atoms with van der Waals surface area (Å²) in [6, 6.07) is 4.78. The van der Waals surface area contributed by atoms with Crippen LogP contribution in [0.3, 0.4) is 0 Å². The average molecular weight is 436 g/mol. The van der Waals surface area contributed by atoms with Crippen LogP contribution in [-0.2, 0) is 15.0 Å². The van der Waals surface area contributed by atoms with Crippen LogP contribution < -0.4 is 15.8 Å². The van der Waals surface area contributed by atoms with Crippen LogP contribution in [-0.4, -0.2) is 50.0 Å². The summed E-state index contributed by atoms with van der Waals surface area (Å²) in [5, 5.41) is 2.50. The second kappa shape index (κ2) is 8.42. The van der Waals surface area contributed by atoms with Gasteiger partial charge in [-0.3, -0.25) is 4.79 Å². The third-order valence-corrected chi connectivity index (χ3v) is 5.13. The summed E-state index contributed by atoms with van der Waals surface area (Å²) in [5.41, 5.74) is 4.54. The van der Waals surface area contributed by atoms with E-state index < -0.39 is 35.4 Å². The molecule has 0 saturated carbocycles. The SMILES string of the molecule is NC1=N[C@@]2(c3cc(NC(=O)c4ncc(OCCF)cc4F)ccc3F)COCC2CO1. The second-order valence-corrected chi connectivity index (χ2v) is 7.08. The van der Waals surface area contributed by atoms with E-state index in [1.165, 1.54) is 18.2 Å². The topological polar surface area (TPSA) is 108 Å². The van der Waals surface area contributed by atoms with E-state index in [2.05, 4.69) is 15.3 Å². The summed E-state index contributed by atoms with van der Waals surface area (Å²) in [4.78, 5) is 20.6. The highest BCUT2D eigenvalue weighted by atomic mass is 19.1. The molecule has 0 aliphatic carbocycles. The van der Waals surface area contributed by atoms with Crippen LogP contribution in [0.5, 0.6) is 5.75 Å². The van der Waals surface area contributed by atoms with Crippen LogP contribution in [0, 0.1) is 17.6 Å². The van der Waals surface area contributed by atoms with Gasteiger partial charge in [0, 0.05) is 23.2 Å². The first-order valence-electron chi connectivity index (χ1n) is 9.44. The number of carbonyl (C=O) groups excluding carboxylic acids is 1. The Bertz CT molecular complexity index is 1040. The summed E-state index contributed by atoms with van der Waals surface area (Å²) in [6.45, 7) is -0.357. The fourth-order valence-electron chi connectivity index (χ4n) is 3.64. The fourth-order valence-corrected chi connectivity index (χ4v) is 3.64. The molecule has 3 N–H and O–H groups in total. The molecule has 1 amide bonds. The van der Waals surface area contributed by atoms with Crippen molar-refractivity contribution in [3.05, 3.63) is 53.4 Å². The van der Waals surface area contributed by atoms with Crippen molar-refractivity contribution >= 4 is 17.6 Å². The Morgan fingerprint density at radius 3 is 2.90 bits per heavy atom. The maximum Gasteiger partial charge on any atom is 0.282 e. The van der Waals surface area contributed by atoms with E-state index in [0.29, 0.717) is 6.61 Å². The summed E-state index contributed by atoms with van der Waals surface area (Å²) in [7, 11) is 0. The number of hydrogen-bond donors (Lipinski definition) is 2. The maximum absolute atomic E-state index is 14.8. The molecule has 0 bridgehead atoms. The molecular weight excluding hydrogens is 417 g/mol. The molecule has 11 heteroatoms. The first-order valence-corrected chi connectivity index (χ1v) is 9.44. The molecule has 1 aromatic carbocycles. The van der Waals surface area contributed by atoms with Gasteiger partial charge in [-0.05, 0) is 18.2 Å². The molecule has 1 unspecified atom stereocenters. The molecule has 2 atom stereocenters. The van der Waals surface area contributed by atoms with E-state index in [1.54, 1.807) is 0 Å². The molecule has 0 spiro atoms. The van der Waals surface area contributed by atoms with Gasteiger partial charge in [0.25, 0.3) is 11.9 Å². The largest absolute Gasteiger partial charge is 0.489 e. The molecule has 164 valence electrons. The van der Waals surface area contributed by atoms with Gasteiger partial charge >= 0.3 is 0 Å². The second-order valence-electron chi connectivity index (χ2n) is 7.08. The van der Waals surface area contributed by atoms with Crippen LogP contribution in [0.1, 0.15) is 16.1 Å². The quantitative estimate of drug-likeness (QED) is 0.719. The number of nitrogens with zero attached hydrogens (tertiary/aromatic N) is 2. The number of fused-ring (bicyclic) bond motifs is 1. The first-order chi connectivity index (χ1) is 14.9. The van der Waals surface area contributed by atoms with Crippen molar-refractivity contribution in [1.82, 2.24) is 4.98 Å². The first kappa shape index (κ1) is 20.9. The third-order valence-electron chi connectivity index (χ3n) is 5.13. The van der Waals surface area contributed by atoms with E-state index >= 15 is 0 Å². The molecule has 1 fully saturated rings. The number of benzene rings is 1. The minimum Gasteiger partial charge on any atom is -0.489 e. The number of alkyl halides is 1. The van der Waals surface area contributed by atoms with Crippen LogP contribution in [0.25, 0.3) is 0 Å². The normalized spacial score (nSPS) is 22.3. The molecule has 3 heterocycles. The van der Waals surface area contributed by atoms with Gasteiger partial charge in [-0.2, -0.15) is 0 Å². The number of nitrogens with one attached hydrogen (secondary N) is 1. The standard InChI is InChI=1S/C20H19F3N4O4/c21-3-4-30-13-6-16(23)17(25-7-13)18(28)26-12-1-2-15(22)14(5-12)20-10-29-8-11(20)9-31-19(24)27-20/h1-2,5-7,11H,3-4,8-10H2,(H2,24,27)(H,26,28)/t11?,20-/m0/s1. The lowest BCUT2D eigenvalue weighted by Gasteiger charge is -2.34. The third kappa shape index (κ3) is 4.00. The molecule has 2 aromatic rings. The predicted molar refractivity (Wildman–Crippen MR) is 104 cm³/mol. The van der Waals surface area contributed by atoms with Gasteiger partial charge in [0.2, 0.25) is 0 Å². The lowest BCUT2D eigenvalue weighted by atomic mass is 9.80. The van der Waals surface area contributed by atoms with Crippen LogP contribution in [0.2, 0.25) is 0 Å². The van der Waals surface area contributed by atoms with Gasteiger partial charge in [0.05, 0.1) is 26.0 Å². The zero-order valence-electron chi connectivity index (χ0n) is 16.2. The Labute approximate surface area is 175 Å². The minimum atomic E-state index is -1.08. The van der Waals surface area contributed by atoms with Crippen molar-refractivity contribution in [2.45, 2.75) is 5.54 Å². The Morgan fingerprint density at radius 2 is 2.13 bits per heavy atom. The molecule has 8 nitrogen and oxygen atoms in total. The van der Waals surface area contributed by atoms with Crippen molar-refractivity contribution in [2.75, 3.05) is 38.4 Å². The predicted octanol–water partition coefficient (Wildman–Crippen LogP) is 2.15. The van der Waals surface area contributed by atoms with Gasteiger partial charge in [-0.25, -0.2) is 23.1 Å². The average Bonchev–Trinajstić information content (AvgIpc) is 3.17. The summed E-state index contributed by atoms with van der Waals surface area (Å²) in [5.74, 6) is -2.60. The number of amides is 1. The van der Waals surface area contributed by atoms with Crippen molar-refractivity contribution in [3.63, 3.8) is 0 Å². The molecule has 4 rings (SSSR count). The van der Waals surface area contributed by atoms with Gasteiger partial charge in [0.15, 0.2) is 11.5 Å². The van der Waals surface area contributed by atoms with E-state index in [9.17, 15) is 18.0 Å². The highest BCUT2D eigenvalue weighted by Gasteiger charge is 2.50. The molecule has 1 saturated heterocycles. The number of ether oxygens (including phenoxy) is 3. The molecule has 0 radical (unpaired) electrons. The number of hydrogen-bond acceptors (Lipinski definition) is 7.